The van der Waals surface area contributed by atoms with E-state index in [0.717, 1.165) is 27.5 Å². The molecule has 0 aliphatic carbocycles. The quantitative estimate of drug-likeness (QED) is 0.480. The van der Waals surface area contributed by atoms with Crippen LogP contribution in [0.1, 0.15) is 43.9 Å². The molecule has 4 N–H and O–H groups in total. The van der Waals surface area contributed by atoms with E-state index in [1.165, 1.54) is 0 Å². The predicted octanol–water partition coefficient (Wildman–Crippen LogP) is 2.91. The molecule has 7 nitrogen and oxygen atoms in total. The van der Waals surface area contributed by atoms with Crippen molar-refractivity contribution in [1.29, 1.82) is 0 Å². The van der Waals surface area contributed by atoms with Gasteiger partial charge in [-0.1, -0.05) is 45.9 Å². The van der Waals surface area contributed by atoms with Crippen molar-refractivity contribution in [2.75, 3.05) is 6.61 Å². The number of para-hydroxylation sites is 1. The summed E-state index contributed by atoms with van der Waals surface area (Å²) < 4.78 is 0. The summed E-state index contributed by atoms with van der Waals surface area (Å²) in [5.74, 6) is -0.755. The Morgan fingerprint density at radius 1 is 1.07 bits per heavy atom. The second-order valence-electron chi connectivity index (χ2n) is 8.42. The number of amides is 2. The van der Waals surface area contributed by atoms with E-state index >= 15 is 0 Å². The third-order valence-corrected chi connectivity index (χ3v) is 5.47. The molecule has 0 fully saturated rings. The van der Waals surface area contributed by atoms with Gasteiger partial charge in [-0.2, -0.15) is 0 Å². The average Bonchev–Trinajstić information content (AvgIpc) is 3.08. The molecule has 3 rings (SSSR count). The first-order valence-corrected chi connectivity index (χ1v) is 10.3. The number of aromatic nitrogens is 2. The van der Waals surface area contributed by atoms with Crippen molar-refractivity contribution in [3.05, 3.63) is 41.7 Å². The second-order valence-corrected chi connectivity index (χ2v) is 8.42. The van der Waals surface area contributed by atoms with Gasteiger partial charge in [-0.05, 0) is 30.9 Å². The third kappa shape index (κ3) is 4.31. The molecule has 2 unspecified atom stereocenters. The molecule has 2 atom stereocenters. The molecule has 0 saturated carbocycles. The highest BCUT2D eigenvalue weighted by atomic mass is 16.3. The zero-order valence-electron chi connectivity index (χ0n) is 18.1. The van der Waals surface area contributed by atoms with Crippen molar-refractivity contribution in [2.45, 2.75) is 46.7 Å². The van der Waals surface area contributed by atoms with Crippen LogP contribution in [0.3, 0.4) is 0 Å². The van der Waals surface area contributed by atoms with Crippen LogP contribution in [0.25, 0.3) is 21.8 Å². The molecule has 30 heavy (non-hydrogen) atoms. The average molecular weight is 411 g/mol. The zero-order valence-corrected chi connectivity index (χ0v) is 18.1. The number of carbonyl (C=O) groups is 2. The molecule has 160 valence electrons. The molecule has 2 heterocycles. The first-order chi connectivity index (χ1) is 14.2. The standard InChI is InChI=1S/C23H30N4O3/c1-12(2)19(11-28)26-23(30)20(13(3)4)27-22(29)18-10-16-15-8-6-7-9-17(15)25-21(16)14(5)24-18/h6-10,12-13,19-20,25,28H,11H2,1-5H3,(H,26,30)(H,27,29). The number of nitrogens with one attached hydrogen (secondary N) is 3. The van der Waals surface area contributed by atoms with Crippen LogP contribution in [0.15, 0.2) is 30.3 Å². The molecule has 0 spiro atoms. The van der Waals surface area contributed by atoms with Gasteiger partial charge in [0.05, 0.1) is 23.9 Å². The third-order valence-electron chi connectivity index (χ3n) is 5.47. The first-order valence-electron chi connectivity index (χ1n) is 10.3. The van der Waals surface area contributed by atoms with Gasteiger partial charge in [0.2, 0.25) is 5.91 Å². The summed E-state index contributed by atoms with van der Waals surface area (Å²) in [6.07, 6.45) is 0. The van der Waals surface area contributed by atoms with Crippen molar-refractivity contribution in [2.24, 2.45) is 11.8 Å². The summed E-state index contributed by atoms with van der Waals surface area (Å²) in [6, 6.07) is 8.56. The highest BCUT2D eigenvalue weighted by Crippen LogP contribution is 2.27. The van der Waals surface area contributed by atoms with E-state index in [1.54, 1.807) is 6.07 Å². The molecular weight excluding hydrogens is 380 g/mol. The SMILES string of the molecule is Cc1nc(C(=O)NC(C(=O)NC(CO)C(C)C)C(C)C)cc2c1[nH]c1ccccc12. The van der Waals surface area contributed by atoms with Gasteiger partial charge < -0.3 is 20.7 Å². The molecule has 0 bridgehead atoms. The van der Waals surface area contributed by atoms with Crippen LogP contribution in [-0.2, 0) is 4.79 Å². The van der Waals surface area contributed by atoms with Gasteiger partial charge in [-0.3, -0.25) is 9.59 Å². The van der Waals surface area contributed by atoms with E-state index in [4.69, 9.17) is 0 Å². The maximum absolute atomic E-state index is 13.0. The number of nitrogens with zero attached hydrogens (tertiary/aromatic N) is 1. The fourth-order valence-electron chi connectivity index (χ4n) is 3.57. The van der Waals surface area contributed by atoms with Gasteiger partial charge >= 0.3 is 0 Å². The minimum atomic E-state index is -0.730. The summed E-state index contributed by atoms with van der Waals surface area (Å²) >= 11 is 0. The molecule has 3 aromatic rings. The Bertz CT molecular complexity index is 1070. The Kier molecular flexibility index (Phi) is 6.41. The highest BCUT2D eigenvalue weighted by molar-refractivity contribution is 6.10. The van der Waals surface area contributed by atoms with Crippen molar-refractivity contribution >= 4 is 33.6 Å². The van der Waals surface area contributed by atoms with Gasteiger partial charge in [-0.15, -0.1) is 0 Å². The van der Waals surface area contributed by atoms with Gasteiger partial charge in [0, 0.05) is 16.3 Å². The molecule has 0 aliphatic rings. The Morgan fingerprint density at radius 2 is 1.77 bits per heavy atom. The molecule has 0 aliphatic heterocycles. The Morgan fingerprint density at radius 3 is 2.40 bits per heavy atom. The van der Waals surface area contributed by atoms with Crippen molar-refractivity contribution < 1.29 is 14.7 Å². The van der Waals surface area contributed by atoms with E-state index in [0.29, 0.717) is 0 Å². The molecule has 0 saturated heterocycles. The lowest BCUT2D eigenvalue weighted by Gasteiger charge is -2.26. The van der Waals surface area contributed by atoms with Crippen molar-refractivity contribution in [3.8, 4) is 0 Å². The number of aryl methyl sites for hydroxylation is 1. The number of fused-ring (bicyclic) bond motifs is 3. The Balaban J connectivity index is 1.88. The van der Waals surface area contributed by atoms with E-state index in [-0.39, 0.29) is 36.1 Å². The van der Waals surface area contributed by atoms with Gasteiger partial charge in [0.25, 0.3) is 5.91 Å². The lowest BCUT2D eigenvalue weighted by atomic mass is 10.0. The summed E-state index contributed by atoms with van der Waals surface area (Å²) in [6.45, 7) is 9.29. The number of aliphatic hydroxyl groups excluding tert-OH is 1. The number of aliphatic hydroxyl groups is 1. The van der Waals surface area contributed by atoms with Crippen LogP contribution in [0.2, 0.25) is 0 Å². The minimum Gasteiger partial charge on any atom is -0.394 e. The molecule has 2 amide bonds. The number of aromatic amines is 1. The molecule has 7 heteroatoms. The van der Waals surface area contributed by atoms with Crippen LogP contribution in [0.5, 0.6) is 0 Å². The molecule has 2 aromatic heterocycles. The number of rotatable bonds is 7. The maximum atomic E-state index is 13.0. The van der Waals surface area contributed by atoms with Gasteiger partial charge in [0.1, 0.15) is 11.7 Å². The van der Waals surface area contributed by atoms with E-state index in [1.807, 2.05) is 58.9 Å². The Labute approximate surface area is 176 Å². The van der Waals surface area contributed by atoms with Crippen molar-refractivity contribution in [1.82, 2.24) is 20.6 Å². The largest absolute Gasteiger partial charge is 0.394 e. The fourth-order valence-corrected chi connectivity index (χ4v) is 3.57. The van der Waals surface area contributed by atoms with Crippen molar-refractivity contribution in [3.63, 3.8) is 0 Å². The maximum Gasteiger partial charge on any atom is 0.270 e. The highest BCUT2D eigenvalue weighted by Gasteiger charge is 2.28. The summed E-state index contributed by atoms with van der Waals surface area (Å²) in [5.41, 5.74) is 2.87. The number of hydrogen-bond acceptors (Lipinski definition) is 4. The molecule has 1 aromatic carbocycles. The lowest BCUT2D eigenvalue weighted by Crippen LogP contribution is -2.54. The number of benzene rings is 1. The topological polar surface area (TPSA) is 107 Å². The monoisotopic (exact) mass is 410 g/mol. The first kappa shape index (κ1) is 21.8. The van der Waals surface area contributed by atoms with Gasteiger partial charge in [-0.25, -0.2) is 4.98 Å². The summed E-state index contributed by atoms with van der Waals surface area (Å²) in [4.78, 5) is 33.6. The normalized spacial score (nSPS) is 13.7. The second kappa shape index (κ2) is 8.83. The van der Waals surface area contributed by atoms with Crippen LogP contribution in [0.4, 0.5) is 0 Å². The van der Waals surface area contributed by atoms with E-state index in [2.05, 4.69) is 20.6 Å². The van der Waals surface area contributed by atoms with Crippen LogP contribution in [0, 0.1) is 18.8 Å². The fraction of sp³-hybridized carbons (Fsp3) is 0.435. The van der Waals surface area contributed by atoms with Crippen LogP contribution >= 0.6 is 0 Å². The number of carbonyl (C=O) groups excluding carboxylic acids is 2. The number of pyridine rings is 1. The van der Waals surface area contributed by atoms with E-state index < -0.39 is 11.9 Å². The van der Waals surface area contributed by atoms with E-state index in [9.17, 15) is 14.7 Å². The smallest absolute Gasteiger partial charge is 0.270 e. The summed E-state index contributed by atoms with van der Waals surface area (Å²) in [5, 5.41) is 17.1. The van der Waals surface area contributed by atoms with Crippen LogP contribution < -0.4 is 10.6 Å². The molecular formula is C23H30N4O3. The summed E-state index contributed by atoms with van der Waals surface area (Å²) in [7, 11) is 0. The van der Waals surface area contributed by atoms with Crippen LogP contribution in [-0.4, -0.2) is 45.6 Å². The number of hydrogen-bond donors (Lipinski definition) is 4. The predicted molar refractivity (Wildman–Crippen MR) is 118 cm³/mol. The van der Waals surface area contributed by atoms with Gasteiger partial charge in [0.15, 0.2) is 0 Å². The Hall–Kier alpha value is -2.93. The zero-order chi connectivity index (χ0) is 22.0. The minimum absolute atomic E-state index is 0.0797. The molecule has 0 radical (unpaired) electrons. The lowest BCUT2D eigenvalue weighted by molar-refractivity contribution is -0.125. The number of H-pyrrole nitrogens is 1.